The molecule has 0 atom stereocenters. The van der Waals surface area contributed by atoms with Crippen LogP contribution >= 0.6 is 0 Å². The highest BCUT2D eigenvalue weighted by molar-refractivity contribution is 6.04. The smallest absolute Gasteiger partial charge is 0.255 e. The van der Waals surface area contributed by atoms with Crippen molar-refractivity contribution in [2.75, 3.05) is 5.32 Å². The first kappa shape index (κ1) is 20.7. The Kier molecular flexibility index (Phi) is 6.48. The number of nitrogens with one attached hydrogen (secondary N) is 2. The fraction of sp³-hybridized carbons (Fsp3) is 0.0400. The largest absolute Gasteiger partial charge is 0.439 e. The fourth-order valence-electron chi connectivity index (χ4n) is 2.88. The number of anilines is 1. The first-order valence-electron chi connectivity index (χ1n) is 9.95. The minimum absolute atomic E-state index is 0.225. The number of carbonyl (C=O) groups excluding carboxylic acids is 2. The van der Waals surface area contributed by atoms with Crippen molar-refractivity contribution >= 4 is 17.5 Å². The van der Waals surface area contributed by atoms with E-state index in [1.165, 1.54) is 6.20 Å². The van der Waals surface area contributed by atoms with Crippen LogP contribution in [0.1, 0.15) is 26.3 Å². The van der Waals surface area contributed by atoms with Gasteiger partial charge in [-0.2, -0.15) is 0 Å². The second-order valence-corrected chi connectivity index (χ2v) is 6.88. The molecule has 2 N–H and O–H groups in total. The number of amides is 2. The molecule has 0 aliphatic carbocycles. The van der Waals surface area contributed by atoms with Gasteiger partial charge in [-0.3, -0.25) is 14.6 Å². The molecular formula is C25H20N4O3. The van der Waals surface area contributed by atoms with Crippen LogP contribution in [0.15, 0.2) is 97.5 Å². The average Bonchev–Trinajstić information content (AvgIpc) is 2.84. The zero-order valence-electron chi connectivity index (χ0n) is 17.1. The van der Waals surface area contributed by atoms with E-state index < -0.39 is 0 Å². The first-order chi connectivity index (χ1) is 15.7. The van der Waals surface area contributed by atoms with Gasteiger partial charge in [-0.1, -0.05) is 30.3 Å². The Morgan fingerprint density at radius 1 is 0.781 bits per heavy atom. The van der Waals surface area contributed by atoms with E-state index >= 15 is 0 Å². The molecular weight excluding hydrogens is 404 g/mol. The van der Waals surface area contributed by atoms with E-state index in [0.717, 1.165) is 5.56 Å². The molecule has 0 radical (unpaired) electrons. The number of benzene rings is 2. The molecule has 4 aromatic rings. The van der Waals surface area contributed by atoms with Gasteiger partial charge in [-0.15, -0.1) is 0 Å². The Balaban J connectivity index is 1.29. The van der Waals surface area contributed by atoms with Crippen LogP contribution in [0, 0.1) is 0 Å². The topological polar surface area (TPSA) is 93.2 Å². The maximum Gasteiger partial charge on any atom is 0.255 e. The van der Waals surface area contributed by atoms with E-state index in [-0.39, 0.29) is 11.8 Å². The maximum atomic E-state index is 12.4. The van der Waals surface area contributed by atoms with Crippen LogP contribution in [0.3, 0.4) is 0 Å². The maximum absolute atomic E-state index is 12.4. The van der Waals surface area contributed by atoms with E-state index in [0.29, 0.717) is 35.0 Å². The lowest BCUT2D eigenvalue weighted by atomic mass is 10.1. The summed E-state index contributed by atoms with van der Waals surface area (Å²) in [5.74, 6) is 0.613. The van der Waals surface area contributed by atoms with E-state index in [4.69, 9.17) is 4.74 Å². The highest BCUT2D eigenvalue weighted by Crippen LogP contribution is 2.18. The van der Waals surface area contributed by atoms with Gasteiger partial charge in [0.25, 0.3) is 11.8 Å². The number of rotatable bonds is 7. The zero-order valence-corrected chi connectivity index (χ0v) is 17.1. The van der Waals surface area contributed by atoms with Crippen molar-refractivity contribution in [1.82, 2.24) is 15.3 Å². The summed E-state index contributed by atoms with van der Waals surface area (Å²) in [7, 11) is 0. The molecule has 0 aliphatic rings. The Hall–Kier alpha value is -4.52. The Bertz CT molecular complexity index is 1180. The summed E-state index contributed by atoms with van der Waals surface area (Å²) in [5.41, 5.74) is 2.44. The highest BCUT2D eigenvalue weighted by Gasteiger charge is 2.09. The van der Waals surface area contributed by atoms with Gasteiger partial charge in [0, 0.05) is 30.6 Å². The molecule has 0 saturated carbocycles. The molecule has 4 rings (SSSR count). The predicted octanol–water partition coefficient (Wildman–Crippen LogP) is 4.45. The summed E-state index contributed by atoms with van der Waals surface area (Å²) < 4.78 is 5.63. The van der Waals surface area contributed by atoms with E-state index in [9.17, 15) is 9.59 Å². The van der Waals surface area contributed by atoms with Crippen molar-refractivity contribution in [1.29, 1.82) is 0 Å². The molecule has 2 amide bonds. The minimum Gasteiger partial charge on any atom is -0.439 e. The zero-order chi connectivity index (χ0) is 22.2. The lowest BCUT2D eigenvalue weighted by Gasteiger charge is -2.08. The van der Waals surface area contributed by atoms with E-state index in [1.54, 1.807) is 60.9 Å². The summed E-state index contributed by atoms with van der Waals surface area (Å²) in [6.45, 7) is 0.325. The molecule has 0 aliphatic heterocycles. The van der Waals surface area contributed by atoms with Crippen molar-refractivity contribution < 1.29 is 14.3 Å². The molecule has 2 heterocycles. The van der Waals surface area contributed by atoms with Crippen molar-refractivity contribution in [3.05, 3.63) is 114 Å². The molecule has 0 bridgehead atoms. The van der Waals surface area contributed by atoms with Crippen molar-refractivity contribution in [2.24, 2.45) is 0 Å². The van der Waals surface area contributed by atoms with Gasteiger partial charge in [0.1, 0.15) is 5.75 Å². The summed E-state index contributed by atoms with van der Waals surface area (Å²) in [5, 5.41) is 5.63. The lowest BCUT2D eigenvalue weighted by Crippen LogP contribution is -2.23. The second kappa shape index (κ2) is 9.99. The van der Waals surface area contributed by atoms with Gasteiger partial charge in [0.05, 0.1) is 17.4 Å². The monoisotopic (exact) mass is 424 g/mol. The predicted molar refractivity (Wildman–Crippen MR) is 121 cm³/mol. The number of pyridine rings is 2. The van der Waals surface area contributed by atoms with Crippen LogP contribution in [0.25, 0.3) is 0 Å². The van der Waals surface area contributed by atoms with Crippen LogP contribution in [0.2, 0.25) is 0 Å². The molecule has 0 unspecified atom stereocenters. The minimum atomic E-state index is -0.248. The van der Waals surface area contributed by atoms with Crippen LogP contribution in [0.5, 0.6) is 11.6 Å². The van der Waals surface area contributed by atoms with Crippen LogP contribution in [-0.4, -0.2) is 21.8 Å². The van der Waals surface area contributed by atoms with Gasteiger partial charge >= 0.3 is 0 Å². The van der Waals surface area contributed by atoms with Crippen molar-refractivity contribution in [2.45, 2.75) is 6.54 Å². The lowest BCUT2D eigenvalue weighted by molar-refractivity contribution is 0.0949. The molecule has 0 spiro atoms. The summed E-state index contributed by atoms with van der Waals surface area (Å²) in [6, 6.07) is 23.2. The van der Waals surface area contributed by atoms with Crippen molar-refractivity contribution in [3.8, 4) is 11.6 Å². The number of hydrogen-bond acceptors (Lipinski definition) is 5. The number of hydrogen-bond donors (Lipinski definition) is 2. The normalized spacial score (nSPS) is 10.2. The Morgan fingerprint density at radius 2 is 1.56 bits per heavy atom. The second-order valence-electron chi connectivity index (χ2n) is 6.88. The van der Waals surface area contributed by atoms with Crippen LogP contribution in [-0.2, 0) is 6.54 Å². The first-order valence-corrected chi connectivity index (χ1v) is 9.95. The number of ether oxygens (including phenoxy) is 1. The average molecular weight is 424 g/mol. The quantitative estimate of drug-likeness (QED) is 0.457. The third-order valence-electron chi connectivity index (χ3n) is 4.55. The molecule has 7 heteroatoms. The fourth-order valence-corrected chi connectivity index (χ4v) is 2.88. The molecule has 32 heavy (non-hydrogen) atoms. The van der Waals surface area contributed by atoms with Gasteiger partial charge in [0.15, 0.2) is 0 Å². The molecule has 2 aromatic carbocycles. The summed E-state index contributed by atoms with van der Waals surface area (Å²) >= 11 is 0. The molecule has 158 valence electrons. The van der Waals surface area contributed by atoms with Crippen molar-refractivity contribution in [3.63, 3.8) is 0 Å². The molecule has 7 nitrogen and oxygen atoms in total. The summed E-state index contributed by atoms with van der Waals surface area (Å²) in [6.07, 6.45) is 4.69. The SMILES string of the molecule is O=C(NCc1ccc(C(=O)Nc2cccnc2)cc1)c1ccc(Oc2ccccc2)nc1. The number of nitrogens with zero attached hydrogens (tertiary/aromatic N) is 2. The highest BCUT2D eigenvalue weighted by atomic mass is 16.5. The Labute approximate surface area is 185 Å². The number of aromatic nitrogens is 2. The van der Waals surface area contributed by atoms with Gasteiger partial charge in [-0.05, 0) is 48.0 Å². The molecule has 0 fully saturated rings. The summed E-state index contributed by atoms with van der Waals surface area (Å²) in [4.78, 5) is 32.8. The van der Waals surface area contributed by atoms with Gasteiger partial charge in [-0.25, -0.2) is 4.98 Å². The molecule has 2 aromatic heterocycles. The third-order valence-corrected chi connectivity index (χ3v) is 4.55. The standard InChI is InChI=1S/C25H20N4O3/c30-24(20-12-13-23(27-16-20)32-22-6-2-1-3-7-22)28-15-18-8-10-19(11-9-18)25(31)29-21-5-4-14-26-17-21/h1-14,16-17H,15H2,(H,28,30)(H,29,31). The van der Waals surface area contributed by atoms with E-state index in [1.807, 2.05) is 30.3 Å². The third kappa shape index (κ3) is 5.54. The van der Waals surface area contributed by atoms with Gasteiger partial charge in [0.2, 0.25) is 5.88 Å². The number of carbonyl (C=O) groups is 2. The van der Waals surface area contributed by atoms with E-state index in [2.05, 4.69) is 20.6 Å². The van der Waals surface area contributed by atoms with Crippen LogP contribution < -0.4 is 15.4 Å². The van der Waals surface area contributed by atoms with Gasteiger partial charge < -0.3 is 15.4 Å². The Morgan fingerprint density at radius 3 is 2.25 bits per heavy atom. The van der Waals surface area contributed by atoms with Crippen LogP contribution in [0.4, 0.5) is 5.69 Å². The molecule has 0 saturated heterocycles. The number of para-hydroxylation sites is 1.